The lowest BCUT2D eigenvalue weighted by atomic mass is 10.0. The molecule has 0 spiro atoms. The molecule has 0 atom stereocenters. The molecule has 0 aliphatic rings. The highest BCUT2D eigenvalue weighted by atomic mass is 16.2. The van der Waals surface area contributed by atoms with Crippen molar-refractivity contribution in [3.05, 3.63) is 0 Å². The van der Waals surface area contributed by atoms with Gasteiger partial charge in [0.05, 0.1) is 0 Å². The smallest absolute Gasteiger partial charge is 0.0431 e. The number of hydrogen-bond acceptors (Lipinski definition) is 2. The van der Waals surface area contributed by atoms with E-state index in [4.69, 9.17) is 5.11 Å². The second-order valence-electron chi connectivity index (χ2n) is 11.4. The van der Waals surface area contributed by atoms with Crippen LogP contribution in [0.2, 0.25) is 0 Å². The van der Waals surface area contributed by atoms with Crippen LogP contribution in [0.3, 0.4) is 0 Å². The molecule has 0 unspecified atom stereocenters. The molecule has 0 fully saturated rings. The van der Waals surface area contributed by atoms with E-state index in [0.29, 0.717) is 6.61 Å². The number of unbranched alkanes of at least 4 members (excludes halogenated alkanes) is 27. The van der Waals surface area contributed by atoms with Crippen LogP contribution in [0.15, 0.2) is 0 Å². The zero-order chi connectivity index (χ0) is 25.3. The molecule has 0 rings (SSSR count). The monoisotopic (exact) mass is 496 g/mol. The minimum atomic E-state index is 0.371. The first-order valence-corrected chi connectivity index (χ1v) is 16.7. The van der Waals surface area contributed by atoms with Gasteiger partial charge in [0.2, 0.25) is 0 Å². The minimum absolute atomic E-state index is 0.371. The highest BCUT2D eigenvalue weighted by Gasteiger charge is 1.96. The fourth-order valence-electron chi connectivity index (χ4n) is 5.23. The summed E-state index contributed by atoms with van der Waals surface area (Å²) in [5.41, 5.74) is 0. The van der Waals surface area contributed by atoms with Crippen molar-refractivity contribution in [1.29, 1.82) is 0 Å². The molecule has 212 valence electrons. The van der Waals surface area contributed by atoms with E-state index < -0.39 is 0 Å². The van der Waals surface area contributed by atoms with E-state index in [1.807, 2.05) is 0 Å². The maximum atomic E-state index is 8.77. The fourth-order valence-corrected chi connectivity index (χ4v) is 5.23. The Morgan fingerprint density at radius 2 is 0.543 bits per heavy atom. The SMILES string of the molecule is CCCCCCCCCCCCCCCCCCNCCCCCCCCCCCCCCCO. The van der Waals surface area contributed by atoms with Gasteiger partial charge < -0.3 is 10.4 Å². The molecule has 0 amide bonds. The third kappa shape index (κ3) is 33.9. The average Bonchev–Trinajstić information content (AvgIpc) is 2.87. The molecule has 35 heavy (non-hydrogen) atoms. The number of nitrogens with one attached hydrogen (secondary N) is 1. The van der Waals surface area contributed by atoms with E-state index in [-0.39, 0.29) is 0 Å². The van der Waals surface area contributed by atoms with Crippen LogP contribution in [0.1, 0.15) is 193 Å². The molecule has 0 aromatic carbocycles. The molecule has 0 bridgehead atoms. The van der Waals surface area contributed by atoms with Crippen molar-refractivity contribution in [2.45, 2.75) is 193 Å². The van der Waals surface area contributed by atoms with Gasteiger partial charge >= 0.3 is 0 Å². The zero-order valence-electron chi connectivity index (χ0n) is 24.6. The van der Waals surface area contributed by atoms with Crippen LogP contribution in [0.5, 0.6) is 0 Å². The number of rotatable bonds is 32. The molecule has 0 radical (unpaired) electrons. The van der Waals surface area contributed by atoms with E-state index in [1.165, 1.54) is 193 Å². The molecule has 2 heteroatoms. The van der Waals surface area contributed by atoms with E-state index in [1.54, 1.807) is 0 Å². The molecule has 0 saturated heterocycles. The first kappa shape index (κ1) is 34.9. The third-order valence-electron chi connectivity index (χ3n) is 7.72. The number of aliphatic hydroxyl groups is 1. The summed E-state index contributed by atoms with van der Waals surface area (Å²) in [6.07, 6.45) is 40.9. The third-order valence-corrected chi connectivity index (χ3v) is 7.72. The molecule has 2 nitrogen and oxygen atoms in total. The maximum Gasteiger partial charge on any atom is 0.0431 e. The first-order chi connectivity index (χ1) is 17.4. The molecular formula is C33H69NO. The predicted octanol–water partition coefficient (Wildman–Crippen LogP) is 10.9. The van der Waals surface area contributed by atoms with Gasteiger partial charge in [-0.2, -0.15) is 0 Å². The molecule has 0 aliphatic heterocycles. The van der Waals surface area contributed by atoms with Crippen molar-refractivity contribution >= 4 is 0 Å². The van der Waals surface area contributed by atoms with E-state index in [2.05, 4.69) is 12.2 Å². The van der Waals surface area contributed by atoms with Crippen LogP contribution < -0.4 is 5.32 Å². The van der Waals surface area contributed by atoms with E-state index in [9.17, 15) is 0 Å². The Hall–Kier alpha value is -0.0800. The van der Waals surface area contributed by atoms with E-state index in [0.717, 1.165) is 6.42 Å². The highest BCUT2D eigenvalue weighted by molar-refractivity contribution is 4.54. The molecule has 2 N–H and O–H groups in total. The summed E-state index contributed by atoms with van der Waals surface area (Å²) in [5.74, 6) is 0. The van der Waals surface area contributed by atoms with Crippen LogP contribution in [0.4, 0.5) is 0 Å². The second-order valence-corrected chi connectivity index (χ2v) is 11.4. The van der Waals surface area contributed by atoms with Crippen molar-refractivity contribution < 1.29 is 5.11 Å². The topological polar surface area (TPSA) is 32.3 Å². The largest absolute Gasteiger partial charge is 0.396 e. The molecule has 0 heterocycles. The molecule has 0 saturated carbocycles. The van der Waals surface area contributed by atoms with Crippen LogP contribution in [0.25, 0.3) is 0 Å². The van der Waals surface area contributed by atoms with Crippen LogP contribution in [-0.4, -0.2) is 24.8 Å². The maximum absolute atomic E-state index is 8.77. The van der Waals surface area contributed by atoms with Gasteiger partial charge in [0, 0.05) is 6.61 Å². The summed E-state index contributed by atoms with van der Waals surface area (Å²) in [6, 6.07) is 0. The Morgan fingerprint density at radius 1 is 0.314 bits per heavy atom. The van der Waals surface area contributed by atoms with Crippen molar-refractivity contribution in [3.8, 4) is 0 Å². The molecule has 0 aromatic rings. The Morgan fingerprint density at radius 3 is 0.800 bits per heavy atom. The summed E-state index contributed by atoms with van der Waals surface area (Å²) in [6.45, 7) is 5.14. The van der Waals surface area contributed by atoms with Gasteiger partial charge in [0.15, 0.2) is 0 Å². The Balaban J connectivity index is 3.00. The lowest BCUT2D eigenvalue weighted by molar-refractivity contribution is 0.282. The van der Waals surface area contributed by atoms with Crippen LogP contribution in [-0.2, 0) is 0 Å². The Labute approximate surface area is 223 Å². The zero-order valence-corrected chi connectivity index (χ0v) is 24.6. The van der Waals surface area contributed by atoms with Gasteiger partial charge in [-0.15, -0.1) is 0 Å². The summed E-state index contributed by atoms with van der Waals surface area (Å²) in [4.78, 5) is 0. The first-order valence-electron chi connectivity index (χ1n) is 16.7. The lowest BCUT2D eigenvalue weighted by Crippen LogP contribution is -2.16. The Kier molecular flexibility index (Phi) is 33.8. The normalized spacial score (nSPS) is 11.5. The Bertz CT molecular complexity index is 314. The van der Waals surface area contributed by atoms with Crippen LogP contribution >= 0.6 is 0 Å². The average molecular weight is 496 g/mol. The van der Waals surface area contributed by atoms with Crippen molar-refractivity contribution in [2.24, 2.45) is 0 Å². The lowest BCUT2D eigenvalue weighted by Gasteiger charge is -2.06. The fraction of sp³-hybridized carbons (Fsp3) is 1.00. The standard InChI is InChI=1S/C33H69NO/c1-2-3-4-5-6-7-8-9-10-11-13-16-19-22-25-28-31-34-32-29-26-23-20-17-14-12-15-18-21-24-27-30-33-35/h34-35H,2-33H2,1H3. The van der Waals surface area contributed by atoms with Gasteiger partial charge in [-0.25, -0.2) is 0 Å². The van der Waals surface area contributed by atoms with Crippen molar-refractivity contribution in [2.75, 3.05) is 19.7 Å². The van der Waals surface area contributed by atoms with Gasteiger partial charge in [-0.05, 0) is 32.4 Å². The van der Waals surface area contributed by atoms with Gasteiger partial charge in [-0.1, -0.05) is 174 Å². The van der Waals surface area contributed by atoms with Crippen molar-refractivity contribution in [3.63, 3.8) is 0 Å². The quantitative estimate of drug-likeness (QED) is 0.0909. The van der Waals surface area contributed by atoms with Gasteiger partial charge in [0.25, 0.3) is 0 Å². The summed E-state index contributed by atoms with van der Waals surface area (Å²) in [7, 11) is 0. The van der Waals surface area contributed by atoms with E-state index >= 15 is 0 Å². The number of hydrogen-bond donors (Lipinski definition) is 2. The molecule has 0 aliphatic carbocycles. The summed E-state index contributed by atoms with van der Waals surface area (Å²) in [5, 5.41) is 12.4. The molecule has 0 aromatic heterocycles. The van der Waals surface area contributed by atoms with Crippen molar-refractivity contribution in [1.82, 2.24) is 5.32 Å². The predicted molar refractivity (Wildman–Crippen MR) is 160 cm³/mol. The molecular weight excluding hydrogens is 426 g/mol. The second kappa shape index (κ2) is 33.9. The minimum Gasteiger partial charge on any atom is -0.396 e. The van der Waals surface area contributed by atoms with Gasteiger partial charge in [-0.3, -0.25) is 0 Å². The highest BCUT2D eigenvalue weighted by Crippen LogP contribution is 2.14. The number of aliphatic hydroxyl groups excluding tert-OH is 1. The summed E-state index contributed by atoms with van der Waals surface area (Å²) < 4.78 is 0. The summed E-state index contributed by atoms with van der Waals surface area (Å²) >= 11 is 0. The van der Waals surface area contributed by atoms with Crippen LogP contribution in [0, 0.1) is 0 Å². The van der Waals surface area contributed by atoms with Gasteiger partial charge in [0.1, 0.15) is 0 Å².